The Balaban J connectivity index is 1.26. The Morgan fingerprint density at radius 2 is 1.82 bits per heavy atom. The minimum absolute atomic E-state index is 0.108. The molecule has 0 aromatic heterocycles. The van der Waals surface area contributed by atoms with E-state index in [1.54, 1.807) is 11.8 Å². The quantitative estimate of drug-likeness (QED) is 0.193. The number of nitrogens with one attached hydrogen (secondary N) is 3. The van der Waals surface area contributed by atoms with Crippen LogP contribution in [-0.2, 0) is 24.4 Å². The van der Waals surface area contributed by atoms with Crippen molar-refractivity contribution in [2.75, 3.05) is 31.9 Å². The summed E-state index contributed by atoms with van der Waals surface area (Å²) in [6.45, 7) is 8.34. The molecule has 1 aliphatic carbocycles. The van der Waals surface area contributed by atoms with E-state index in [-0.39, 0.29) is 19.0 Å². The number of carbonyl (C=O) groups is 4. The molecule has 0 aromatic rings. The van der Waals surface area contributed by atoms with Crippen molar-refractivity contribution in [1.82, 2.24) is 25.2 Å². The highest BCUT2D eigenvalue weighted by Gasteiger charge is 2.61. The number of nitrogens with zero attached hydrogens (tertiary/aromatic N) is 2. The first-order chi connectivity index (χ1) is 21.2. The molecule has 0 aromatic carbocycles. The molecule has 14 heteroatoms. The maximum atomic E-state index is 13.3. The number of urea groups is 1. The Morgan fingerprint density at radius 3 is 2.49 bits per heavy atom. The van der Waals surface area contributed by atoms with Gasteiger partial charge in [-0.25, -0.2) is 18.0 Å². The third-order valence-electron chi connectivity index (χ3n) is 9.64. The number of carbonyl (C=O) groups excluding carboxylic acids is 3. The second-order valence-electron chi connectivity index (χ2n) is 14.0. The first-order valence-electron chi connectivity index (χ1n) is 16.4. The van der Waals surface area contributed by atoms with Gasteiger partial charge in [0.15, 0.2) is 0 Å². The lowest BCUT2D eigenvalue weighted by Gasteiger charge is -2.34. The number of sulfonamides is 1. The van der Waals surface area contributed by atoms with Crippen LogP contribution in [0.4, 0.5) is 4.79 Å². The van der Waals surface area contributed by atoms with Gasteiger partial charge in [-0.05, 0) is 43.4 Å². The predicted octanol–water partition coefficient (Wildman–Crippen LogP) is 3.40. The van der Waals surface area contributed by atoms with Gasteiger partial charge in [-0.2, -0.15) is 4.31 Å². The van der Waals surface area contributed by atoms with E-state index in [4.69, 9.17) is 0 Å². The zero-order chi connectivity index (χ0) is 33.0. The molecule has 3 aliphatic heterocycles. The number of aliphatic carboxylic acids is 1. The van der Waals surface area contributed by atoms with Gasteiger partial charge in [0, 0.05) is 36.3 Å². The van der Waals surface area contributed by atoms with Gasteiger partial charge in [0.2, 0.25) is 21.8 Å². The van der Waals surface area contributed by atoms with Crippen molar-refractivity contribution in [2.45, 2.75) is 116 Å². The van der Waals surface area contributed by atoms with E-state index < -0.39 is 56.9 Å². The average molecular weight is 670 g/mol. The lowest BCUT2D eigenvalue weighted by Crippen LogP contribution is -2.56. The number of hydrogen-bond acceptors (Lipinski definition) is 7. The van der Waals surface area contributed by atoms with Crippen molar-refractivity contribution in [3.8, 4) is 0 Å². The first kappa shape index (κ1) is 35.5. The van der Waals surface area contributed by atoms with Crippen LogP contribution < -0.4 is 16.0 Å². The molecular formula is C31H51N5O7S2. The number of carboxylic acids is 1. The van der Waals surface area contributed by atoms with Crippen molar-refractivity contribution in [3.05, 3.63) is 9.81 Å². The van der Waals surface area contributed by atoms with E-state index in [0.29, 0.717) is 43.7 Å². The largest absolute Gasteiger partial charge is 0.479 e. The van der Waals surface area contributed by atoms with Crippen LogP contribution in [0.25, 0.3) is 0 Å². The topological polar surface area (TPSA) is 165 Å². The summed E-state index contributed by atoms with van der Waals surface area (Å²) >= 11 is 1.57. The molecule has 4 aliphatic rings. The molecule has 4 atom stereocenters. The summed E-state index contributed by atoms with van der Waals surface area (Å²) in [4.78, 5) is 54.3. The summed E-state index contributed by atoms with van der Waals surface area (Å²) in [5.41, 5.74) is -1.74. The molecule has 0 radical (unpaired) electrons. The first-order valence-corrected chi connectivity index (χ1v) is 18.9. The van der Waals surface area contributed by atoms with Crippen LogP contribution in [0.3, 0.4) is 0 Å². The molecule has 254 valence electrons. The highest BCUT2D eigenvalue weighted by atomic mass is 32.2. The monoisotopic (exact) mass is 669 g/mol. The molecule has 2 fully saturated rings. The van der Waals surface area contributed by atoms with Gasteiger partial charge in [-0.3, -0.25) is 9.59 Å². The number of likely N-dealkylation sites (tertiary alicyclic amines) is 1. The summed E-state index contributed by atoms with van der Waals surface area (Å²) in [6.07, 6.45) is 9.39. The molecular weight excluding hydrogens is 619 g/mol. The third kappa shape index (κ3) is 8.34. The zero-order valence-electron chi connectivity index (χ0n) is 27.2. The van der Waals surface area contributed by atoms with Crippen molar-refractivity contribution >= 4 is 45.6 Å². The molecule has 0 spiro atoms. The van der Waals surface area contributed by atoms with Gasteiger partial charge in [0.05, 0.1) is 11.4 Å². The van der Waals surface area contributed by atoms with Crippen molar-refractivity contribution in [3.63, 3.8) is 0 Å². The number of unbranched alkanes of at least 4 members (excludes halogenated alkanes) is 5. The molecule has 1 saturated carbocycles. The highest BCUT2D eigenvalue weighted by Crippen LogP contribution is 2.47. The predicted molar refractivity (Wildman–Crippen MR) is 174 cm³/mol. The molecule has 12 nitrogen and oxygen atoms in total. The van der Waals surface area contributed by atoms with Gasteiger partial charge in [0.25, 0.3) is 0 Å². The second kappa shape index (κ2) is 14.6. The van der Waals surface area contributed by atoms with Crippen molar-refractivity contribution in [2.24, 2.45) is 11.3 Å². The summed E-state index contributed by atoms with van der Waals surface area (Å²) in [6, 6.07) is -1.91. The molecule has 4 N–H and O–H groups in total. The number of thioether (sulfide) groups is 1. The van der Waals surface area contributed by atoms with Crippen LogP contribution in [0.5, 0.6) is 0 Å². The van der Waals surface area contributed by atoms with E-state index in [1.165, 1.54) is 28.5 Å². The number of amides is 4. The Morgan fingerprint density at radius 1 is 1.11 bits per heavy atom. The maximum Gasteiger partial charge on any atom is 0.329 e. The zero-order valence-corrected chi connectivity index (χ0v) is 28.8. The van der Waals surface area contributed by atoms with E-state index in [1.807, 2.05) is 20.8 Å². The van der Waals surface area contributed by atoms with E-state index in [9.17, 15) is 32.7 Å². The van der Waals surface area contributed by atoms with Crippen molar-refractivity contribution in [1.29, 1.82) is 0 Å². The Hall–Kier alpha value is -2.32. The molecule has 0 bridgehead atoms. The van der Waals surface area contributed by atoms with E-state index in [2.05, 4.69) is 22.9 Å². The van der Waals surface area contributed by atoms with Crippen LogP contribution in [0.2, 0.25) is 0 Å². The van der Waals surface area contributed by atoms with Crippen LogP contribution in [-0.4, -0.2) is 96.1 Å². The fraction of sp³-hybridized carbons (Fsp3) is 0.806. The SMILES string of the molecule is CCCCCCCCC1C[C@]1(NC(=O)[C@@H]1CCCN1C(=O)CNC(=O)NC(CN1CC2=C(CCS2)S1(=O)=O)C(C)(C)C)C(=O)O. The molecule has 45 heavy (non-hydrogen) atoms. The number of hydrogen-bond donors (Lipinski definition) is 4. The number of rotatable bonds is 15. The van der Waals surface area contributed by atoms with Gasteiger partial charge >= 0.3 is 12.0 Å². The normalized spacial score (nSPS) is 26.4. The Kier molecular flexibility index (Phi) is 11.5. The standard InChI is InChI=1S/C31H51N5O7S2/c1-5-6-7-8-9-10-12-21-17-31(21,28(39)40)34-27(38)22-13-11-15-36(22)26(37)18-32-29(41)33-25(30(2,3)4)20-35-19-23-24(14-16-44-23)45(35,42)43/h21-22,25H,5-20H2,1-4H3,(H,34,38)(H,39,40)(H2,32,33,41)/t21?,22-,25?,31+/m0/s1. The minimum atomic E-state index is -3.55. The lowest BCUT2D eigenvalue weighted by molar-refractivity contribution is -0.145. The molecule has 4 rings (SSSR count). The van der Waals surface area contributed by atoms with Crippen LogP contribution in [0, 0.1) is 11.3 Å². The minimum Gasteiger partial charge on any atom is -0.479 e. The maximum absolute atomic E-state index is 13.3. The number of allylic oxidation sites excluding steroid dienone is 1. The van der Waals surface area contributed by atoms with Crippen LogP contribution in [0.1, 0.15) is 98.3 Å². The van der Waals surface area contributed by atoms with Crippen LogP contribution >= 0.6 is 11.8 Å². The van der Waals surface area contributed by atoms with Gasteiger partial charge < -0.3 is 26.0 Å². The summed E-state index contributed by atoms with van der Waals surface area (Å²) in [5, 5.41) is 18.2. The second-order valence-corrected chi connectivity index (χ2v) is 17.1. The lowest BCUT2D eigenvalue weighted by atomic mass is 9.86. The molecule has 4 amide bonds. The fourth-order valence-corrected chi connectivity index (χ4v) is 10.1. The Bertz CT molecular complexity index is 1280. The van der Waals surface area contributed by atoms with Gasteiger partial charge in [-0.1, -0.05) is 66.2 Å². The fourth-order valence-electron chi connectivity index (χ4n) is 6.62. The smallest absolute Gasteiger partial charge is 0.329 e. The van der Waals surface area contributed by atoms with Gasteiger partial charge in [-0.15, -0.1) is 11.8 Å². The molecule has 1 saturated heterocycles. The molecule has 2 unspecified atom stereocenters. The average Bonchev–Trinajstić information content (AvgIpc) is 3.31. The summed E-state index contributed by atoms with van der Waals surface area (Å²) < 4.78 is 27.5. The molecule has 3 heterocycles. The summed E-state index contributed by atoms with van der Waals surface area (Å²) in [7, 11) is -3.55. The highest BCUT2D eigenvalue weighted by molar-refractivity contribution is 8.05. The van der Waals surface area contributed by atoms with Crippen LogP contribution in [0.15, 0.2) is 9.81 Å². The third-order valence-corrected chi connectivity index (χ3v) is 12.9. The Labute approximate surface area is 271 Å². The van der Waals surface area contributed by atoms with Gasteiger partial charge in [0.1, 0.15) is 11.6 Å². The van der Waals surface area contributed by atoms with E-state index in [0.717, 1.165) is 36.3 Å². The van der Waals surface area contributed by atoms with Crippen molar-refractivity contribution < 1.29 is 32.7 Å². The van der Waals surface area contributed by atoms with E-state index >= 15 is 0 Å². The summed E-state index contributed by atoms with van der Waals surface area (Å²) in [5.74, 6) is -1.26. The number of carboxylic acid groups (broad SMARTS) is 1.